The third kappa shape index (κ3) is 7.53. The molecule has 2 rings (SSSR count). The minimum absolute atomic E-state index is 0.461. The molecule has 5 nitrogen and oxygen atoms in total. The van der Waals surface area contributed by atoms with Crippen LogP contribution in [0.4, 0.5) is 0 Å². The van der Waals surface area contributed by atoms with Crippen LogP contribution in [0.3, 0.4) is 0 Å². The molecule has 0 bridgehead atoms. The van der Waals surface area contributed by atoms with Crippen LogP contribution in [0.1, 0.15) is 59.3 Å². The fourth-order valence-corrected chi connectivity index (χ4v) is 3.90. The van der Waals surface area contributed by atoms with Crippen LogP contribution < -0.4 is 10.6 Å². The average molecular weight is 354 g/mol. The SMILES string of the molecule is CCNC(=NCC1(CC(C)C)CCC1)NCCCOCC1CCOC1. The summed E-state index contributed by atoms with van der Waals surface area (Å²) < 4.78 is 11.1. The first-order valence-electron chi connectivity index (χ1n) is 10.3. The molecule has 146 valence electrons. The van der Waals surface area contributed by atoms with Crippen molar-refractivity contribution in [2.75, 3.05) is 46.1 Å². The van der Waals surface area contributed by atoms with E-state index in [1.807, 2.05) is 0 Å². The maximum Gasteiger partial charge on any atom is 0.191 e. The van der Waals surface area contributed by atoms with Gasteiger partial charge < -0.3 is 20.1 Å². The van der Waals surface area contributed by atoms with Crippen molar-refractivity contribution in [2.45, 2.75) is 59.3 Å². The van der Waals surface area contributed by atoms with E-state index in [-0.39, 0.29) is 0 Å². The van der Waals surface area contributed by atoms with Crippen LogP contribution in [-0.4, -0.2) is 52.0 Å². The Morgan fingerprint density at radius 2 is 2.16 bits per heavy atom. The van der Waals surface area contributed by atoms with Crippen molar-refractivity contribution in [3.05, 3.63) is 0 Å². The number of hydrogen-bond acceptors (Lipinski definition) is 3. The van der Waals surface area contributed by atoms with Gasteiger partial charge in [0, 0.05) is 38.8 Å². The third-order valence-corrected chi connectivity index (χ3v) is 5.31. The molecule has 1 unspecified atom stereocenters. The molecule has 1 saturated carbocycles. The summed E-state index contributed by atoms with van der Waals surface area (Å²) in [6.45, 7) is 13.0. The van der Waals surface area contributed by atoms with E-state index >= 15 is 0 Å². The van der Waals surface area contributed by atoms with Crippen LogP contribution in [0.5, 0.6) is 0 Å². The van der Waals surface area contributed by atoms with Crippen molar-refractivity contribution in [2.24, 2.45) is 22.2 Å². The second-order valence-electron chi connectivity index (χ2n) is 8.23. The fourth-order valence-electron chi connectivity index (χ4n) is 3.90. The maximum absolute atomic E-state index is 5.76. The van der Waals surface area contributed by atoms with E-state index in [9.17, 15) is 0 Å². The molecule has 1 aliphatic heterocycles. The molecule has 0 aromatic carbocycles. The molecule has 5 heteroatoms. The molecule has 1 aliphatic carbocycles. The van der Waals surface area contributed by atoms with Gasteiger partial charge in [-0.25, -0.2) is 0 Å². The van der Waals surface area contributed by atoms with Gasteiger partial charge in [-0.05, 0) is 50.4 Å². The van der Waals surface area contributed by atoms with E-state index in [2.05, 4.69) is 31.4 Å². The molecule has 0 aromatic heterocycles. The third-order valence-electron chi connectivity index (χ3n) is 5.31. The van der Waals surface area contributed by atoms with Crippen molar-refractivity contribution in [3.8, 4) is 0 Å². The molecule has 0 spiro atoms. The van der Waals surface area contributed by atoms with Gasteiger partial charge >= 0.3 is 0 Å². The highest BCUT2D eigenvalue weighted by Crippen LogP contribution is 2.46. The van der Waals surface area contributed by atoms with Gasteiger partial charge in [0.05, 0.1) is 13.2 Å². The van der Waals surface area contributed by atoms with Crippen LogP contribution in [0, 0.1) is 17.3 Å². The monoisotopic (exact) mass is 353 g/mol. The molecule has 1 heterocycles. The topological polar surface area (TPSA) is 54.9 Å². The molecule has 1 saturated heterocycles. The summed E-state index contributed by atoms with van der Waals surface area (Å²) in [5.74, 6) is 2.32. The molecule has 0 aromatic rings. The number of hydrogen-bond donors (Lipinski definition) is 2. The Hall–Kier alpha value is -0.810. The lowest BCUT2D eigenvalue weighted by atomic mass is 9.64. The van der Waals surface area contributed by atoms with Crippen LogP contribution in [-0.2, 0) is 9.47 Å². The van der Waals surface area contributed by atoms with E-state index in [4.69, 9.17) is 14.5 Å². The molecule has 0 amide bonds. The average Bonchev–Trinajstić information content (AvgIpc) is 3.05. The Morgan fingerprint density at radius 1 is 1.32 bits per heavy atom. The normalized spacial score (nSPS) is 22.9. The van der Waals surface area contributed by atoms with Gasteiger partial charge in [-0.1, -0.05) is 20.3 Å². The lowest BCUT2D eigenvalue weighted by Crippen LogP contribution is -2.40. The van der Waals surface area contributed by atoms with Gasteiger partial charge in [-0.3, -0.25) is 4.99 Å². The molecular formula is C20H39N3O2. The van der Waals surface area contributed by atoms with Crippen LogP contribution in [0.15, 0.2) is 4.99 Å². The van der Waals surface area contributed by atoms with Crippen LogP contribution in [0.25, 0.3) is 0 Å². The molecule has 2 aliphatic rings. The van der Waals surface area contributed by atoms with Crippen molar-refractivity contribution < 1.29 is 9.47 Å². The first-order chi connectivity index (χ1) is 12.1. The number of rotatable bonds is 11. The summed E-state index contributed by atoms with van der Waals surface area (Å²) in [5, 5.41) is 6.83. The van der Waals surface area contributed by atoms with Gasteiger partial charge in [-0.2, -0.15) is 0 Å². The van der Waals surface area contributed by atoms with Crippen molar-refractivity contribution in [3.63, 3.8) is 0 Å². The Labute approximate surface area is 154 Å². The smallest absolute Gasteiger partial charge is 0.191 e. The van der Waals surface area contributed by atoms with Gasteiger partial charge in [-0.15, -0.1) is 0 Å². The maximum atomic E-state index is 5.76. The predicted octanol–water partition coefficient (Wildman–Crippen LogP) is 3.20. The first-order valence-corrected chi connectivity index (χ1v) is 10.3. The highest BCUT2D eigenvalue weighted by Gasteiger charge is 2.37. The number of nitrogens with zero attached hydrogens (tertiary/aromatic N) is 1. The highest BCUT2D eigenvalue weighted by molar-refractivity contribution is 5.79. The Morgan fingerprint density at radius 3 is 2.76 bits per heavy atom. The van der Waals surface area contributed by atoms with Crippen molar-refractivity contribution in [1.29, 1.82) is 0 Å². The Balaban J connectivity index is 1.63. The van der Waals surface area contributed by atoms with Crippen LogP contribution >= 0.6 is 0 Å². The van der Waals surface area contributed by atoms with E-state index < -0.39 is 0 Å². The zero-order valence-electron chi connectivity index (χ0n) is 16.6. The summed E-state index contributed by atoms with van der Waals surface area (Å²) in [6.07, 6.45) is 7.51. The second-order valence-corrected chi connectivity index (χ2v) is 8.23. The predicted molar refractivity (Wildman–Crippen MR) is 104 cm³/mol. The second kappa shape index (κ2) is 11.0. The first kappa shape index (κ1) is 20.5. The summed E-state index contributed by atoms with van der Waals surface area (Å²) in [7, 11) is 0. The summed E-state index contributed by atoms with van der Waals surface area (Å²) in [5.41, 5.74) is 0.461. The van der Waals surface area contributed by atoms with Crippen molar-refractivity contribution in [1.82, 2.24) is 10.6 Å². The molecule has 0 radical (unpaired) electrons. The minimum atomic E-state index is 0.461. The van der Waals surface area contributed by atoms with Crippen LogP contribution in [0.2, 0.25) is 0 Å². The minimum Gasteiger partial charge on any atom is -0.381 e. The molecule has 25 heavy (non-hydrogen) atoms. The summed E-state index contributed by atoms with van der Waals surface area (Å²) in [6, 6.07) is 0. The number of guanidine groups is 1. The number of ether oxygens (including phenoxy) is 2. The largest absolute Gasteiger partial charge is 0.381 e. The van der Waals surface area contributed by atoms with Gasteiger partial charge in [0.15, 0.2) is 5.96 Å². The summed E-state index contributed by atoms with van der Waals surface area (Å²) >= 11 is 0. The lowest BCUT2D eigenvalue weighted by molar-refractivity contribution is 0.0887. The molecule has 2 fully saturated rings. The van der Waals surface area contributed by atoms with E-state index in [0.717, 1.165) is 70.8 Å². The highest BCUT2D eigenvalue weighted by atomic mass is 16.5. The van der Waals surface area contributed by atoms with Gasteiger partial charge in [0.1, 0.15) is 0 Å². The Bertz CT molecular complexity index is 388. The zero-order chi connectivity index (χ0) is 18.0. The van der Waals surface area contributed by atoms with Crippen molar-refractivity contribution >= 4 is 5.96 Å². The molecule has 1 atom stereocenters. The summed E-state index contributed by atoms with van der Waals surface area (Å²) in [4.78, 5) is 4.88. The zero-order valence-corrected chi connectivity index (χ0v) is 16.6. The van der Waals surface area contributed by atoms with E-state index in [1.165, 1.54) is 25.7 Å². The fraction of sp³-hybridized carbons (Fsp3) is 0.950. The Kier molecular flexibility index (Phi) is 9.04. The quantitative estimate of drug-likeness (QED) is 0.340. The van der Waals surface area contributed by atoms with Gasteiger partial charge in [0.25, 0.3) is 0 Å². The molecular weight excluding hydrogens is 314 g/mol. The van der Waals surface area contributed by atoms with E-state index in [0.29, 0.717) is 11.3 Å². The molecule has 2 N–H and O–H groups in total. The van der Waals surface area contributed by atoms with Gasteiger partial charge in [0.2, 0.25) is 0 Å². The standard InChI is InChI=1S/C20H39N3O2/c1-4-21-19(23-16-20(8-5-9-20)13-17(2)3)22-10-6-11-24-14-18-7-12-25-15-18/h17-18H,4-16H2,1-3H3,(H2,21,22,23). The number of aliphatic imine (C=N–C) groups is 1. The van der Waals surface area contributed by atoms with E-state index in [1.54, 1.807) is 0 Å². The number of nitrogens with one attached hydrogen (secondary N) is 2. The lowest BCUT2D eigenvalue weighted by Gasteiger charge is -2.42.